The highest BCUT2D eigenvalue weighted by Crippen LogP contribution is 2.18. The van der Waals surface area contributed by atoms with E-state index in [-0.39, 0.29) is 30.5 Å². The van der Waals surface area contributed by atoms with Crippen molar-refractivity contribution in [3.8, 4) is 0 Å². The van der Waals surface area contributed by atoms with E-state index >= 15 is 0 Å². The average molecular weight is 464 g/mol. The third kappa shape index (κ3) is 4.88. The molecule has 0 saturated heterocycles. The molecule has 2 heterocycles. The number of ketones is 1. The van der Waals surface area contributed by atoms with Gasteiger partial charge in [0.1, 0.15) is 18.6 Å². The van der Waals surface area contributed by atoms with Gasteiger partial charge in [-0.05, 0) is 42.3 Å². The third-order valence-electron chi connectivity index (χ3n) is 5.35. The number of hydrogen-bond donors (Lipinski definition) is 0. The lowest BCUT2D eigenvalue weighted by molar-refractivity contribution is -0.141. The number of aromatic nitrogens is 3. The van der Waals surface area contributed by atoms with Crippen molar-refractivity contribution in [3.05, 3.63) is 98.7 Å². The van der Waals surface area contributed by atoms with E-state index in [4.69, 9.17) is 16.3 Å². The van der Waals surface area contributed by atoms with Crippen LogP contribution in [0.1, 0.15) is 34.0 Å². The first-order valence-electron chi connectivity index (χ1n) is 10.4. The number of esters is 1. The monoisotopic (exact) mass is 463 g/mol. The number of fused-ring (bicyclic) bond motifs is 1. The molecule has 0 saturated carbocycles. The Balaban J connectivity index is 1.54. The summed E-state index contributed by atoms with van der Waals surface area (Å²) in [6.45, 7) is 4.06. The fourth-order valence-corrected chi connectivity index (χ4v) is 3.82. The standard InChI is InChI=1S/C25H22ClN3O4/c1-16-13-29(24-22(16)25(32)28(15-27-24)11-12-33-17(2)30)14-18-3-5-19(6-4-18)23(31)20-7-9-21(26)10-8-20/h3-10,13,15H,11-12,14H2,1-2H3. The van der Waals surface area contributed by atoms with E-state index < -0.39 is 0 Å². The van der Waals surface area contributed by atoms with Crippen molar-refractivity contribution in [3.63, 3.8) is 0 Å². The molecule has 0 amide bonds. The summed E-state index contributed by atoms with van der Waals surface area (Å²) in [5.41, 5.74) is 3.37. The van der Waals surface area contributed by atoms with Crippen LogP contribution < -0.4 is 5.56 Å². The Labute approximate surface area is 195 Å². The van der Waals surface area contributed by atoms with Crippen molar-refractivity contribution < 1.29 is 14.3 Å². The van der Waals surface area contributed by atoms with Crippen molar-refractivity contribution in [2.45, 2.75) is 26.9 Å². The molecule has 0 bridgehead atoms. The van der Waals surface area contributed by atoms with Crippen LogP contribution in [0.3, 0.4) is 0 Å². The van der Waals surface area contributed by atoms with Gasteiger partial charge in [0, 0.05) is 35.8 Å². The molecule has 0 atom stereocenters. The topological polar surface area (TPSA) is 83.2 Å². The molecular weight excluding hydrogens is 442 g/mol. The second-order valence-corrected chi connectivity index (χ2v) is 8.19. The molecule has 0 aliphatic rings. The smallest absolute Gasteiger partial charge is 0.302 e. The zero-order valence-corrected chi connectivity index (χ0v) is 19.0. The number of rotatable bonds is 7. The van der Waals surface area contributed by atoms with E-state index in [0.29, 0.717) is 33.7 Å². The molecule has 0 aliphatic carbocycles. The van der Waals surface area contributed by atoms with Crippen molar-refractivity contribution in [1.29, 1.82) is 0 Å². The third-order valence-corrected chi connectivity index (χ3v) is 5.60. The van der Waals surface area contributed by atoms with Gasteiger partial charge in [0.05, 0.1) is 11.9 Å². The van der Waals surface area contributed by atoms with Crippen LogP contribution in [0.2, 0.25) is 5.02 Å². The lowest BCUT2D eigenvalue weighted by Gasteiger charge is -2.08. The minimum atomic E-state index is -0.389. The van der Waals surface area contributed by atoms with Gasteiger partial charge in [0.15, 0.2) is 5.78 Å². The van der Waals surface area contributed by atoms with Gasteiger partial charge in [-0.25, -0.2) is 4.98 Å². The van der Waals surface area contributed by atoms with Crippen molar-refractivity contribution >= 4 is 34.4 Å². The summed E-state index contributed by atoms with van der Waals surface area (Å²) in [4.78, 5) is 41.0. The fourth-order valence-electron chi connectivity index (χ4n) is 3.70. The molecule has 0 N–H and O–H groups in total. The molecule has 0 radical (unpaired) electrons. The van der Waals surface area contributed by atoms with E-state index in [2.05, 4.69) is 4.98 Å². The normalized spacial score (nSPS) is 11.0. The van der Waals surface area contributed by atoms with Crippen LogP contribution in [0.25, 0.3) is 11.0 Å². The van der Waals surface area contributed by atoms with Gasteiger partial charge in [-0.15, -0.1) is 0 Å². The fraction of sp³-hybridized carbons (Fsp3) is 0.200. The summed E-state index contributed by atoms with van der Waals surface area (Å²) in [6.07, 6.45) is 3.36. The number of carbonyl (C=O) groups is 2. The predicted octanol–water partition coefficient (Wildman–Crippen LogP) is 4.00. The first-order chi connectivity index (χ1) is 15.8. The highest BCUT2D eigenvalue weighted by molar-refractivity contribution is 6.30. The first kappa shape index (κ1) is 22.5. The molecule has 4 aromatic rings. The highest BCUT2D eigenvalue weighted by atomic mass is 35.5. The van der Waals surface area contributed by atoms with E-state index in [1.54, 1.807) is 36.4 Å². The zero-order chi connectivity index (χ0) is 23.5. The van der Waals surface area contributed by atoms with Gasteiger partial charge >= 0.3 is 5.97 Å². The van der Waals surface area contributed by atoms with Gasteiger partial charge in [0.25, 0.3) is 5.56 Å². The highest BCUT2D eigenvalue weighted by Gasteiger charge is 2.14. The summed E-state index contributed by atoms with van der Waals surface area (Å²) in [5, 5.41) is 1.12. The van der Waals surface area contributed by atoms with E-state index in [1.807, 2.05) is 29.8 Å². The Hall–Kier alpha value is -3.71. The zero-order valence-electron chi connectivity index (χ0n) is 18.2. The van der Waals surface area contributed by atoms with Gasteiger partial charge < -0.3 is 9.30 Å². The Bertz CT molecular complexity index is 1390. The van der Waals surface area contributed by atoms with Crippen LogP contribution in [0, 0.1) is 6.92 Å². The number of nitrogens with zero attached hydrogens (tertiary/aromatic N) is 3. The number of benzene rings is 2. The number of ether oxygens (including phenoxy) is 1. The number of hydrogen-bond acceptors (Lipinski definition) is 5. The number of aryl methyl sites for hydroxylation is 1. The minimum absolute atomic E-state index is 0.0727. The molecule has 7 nitrogen and oxygen atoms in total. The van der Waals surface area contributed by atoms with Crippen molar-refractivity contribution in [2.75, 3.05) is 6.61 Å². The van der Waals surface area contributed by atoms with Gasteiger partial charge in [-0.1, -0.05) is 35.9 Å². The van der Waals surface area contributed by atoms with Gasteiger partial charge in [0.2, 0.25) is 0 Å². The molecule has 4 rings (SSSR count). The van der Waals surface area contributed by atoms with Gasteiger partial charge in [-0.3, -0.25) is 19.0 Å². The predicted molar refractivity (Wildman–Crippen MR) is 126 cm³/mol. The Morgan fingerprint density at radius 2 is 1.64 bits per heavy atom. The molecule has 0 aliphatic heterocycles. The molecule has 0 spiro atoms. The minimum Gasteiger partial charge on any atom is -0.464 e. The molecule has 0 fully saturated rings. The first-order valence-corrected chi connectivity index (χ1v) is 10.8. The quantitative estimate of drug-likeness (QED) is 0.305. The molecule has 0 unspecified atom stereocenters. The van der Waals surface area contributed by atoms with E-state index in [0.717, 1.165) is 11.1 Å². The SMILES string of the molecule is CC(=O)OCCn1cnc2c(c(C)cn2Cc2ccc(C(=O)c3ccc(Cl)cc3)cc2)c1=O. The molecule has 33 heavy (non-hydrogen) atoms. The lowest BCUT2D eigenvalue weighted by Crippen LogP contribution is -2.23. The number of carbonyl (C=O) groups excluding carboxylic acids is 2. The second-order valence-electron chi connectivity index (χ2n) is 7.75. The molecular formula is C25H22ClN3O4. The maximum Gasteiger partial charge on any atom is 0.302 e. The average Bonchev–Trinajstić information content (AvgIpc) is 3.11. The van der Waals surface area contributed by atoms with Crippen LogP contribution in [-0.2, 0) is 22.6 Å². The van der Waals surface area contributed by atoms with Crippen LogP contribution in [-0.4, -0.2) is 32.5 Å². The van der Waals surface area contributed by atoms with Crippen LogP contribution >= 0.6 is 11.6 Å². The van der Waals surface area contributed by atoms with Crippen molar-refractivity contribution in [1.82, 2.24) is 14.1 Å². The Kier molecular flexibility index (Phi) is 6.42. The maximum absolute atomic E-state index is 12.9. The summed E-state index contributed by atoms with van der Waals surface area (Å²) in [5.74, 6) is -0.461. The van der Waals surface area contributed by atoms with E-state index in [1.165, 1.54) is 17.8 Å². The summed E-state index contributed by atoms with van der Waals surface area (Å²) >= 11 is 5.90. The maximum atomic E-state index is 12.9. The van der Waals surface area contributed by atoms with Crippen molar-refractivity contribution in [2.24, 2.45) is 0 Å². The molecule has 2 aromatic heterocycles. The summed E-state index contributed by atoms with van der Waals surface area (Å²) < 4.78 is 8.29. The summed E-state index contributed by atoms with van der Waals surface area (Å²) in [6, 6.07) is 14.2. The number of halogens is 1. The second kappa shape index (κ2) is 9.42. The van der Waals surface area contributed by atoms with Crippen LogP contribution in [0.15, 0.2) is 65.8 Å². The van der Waals surface area contributed by atoms with E-state index in [9.17, 15) is 14.4 Å². The lowest BCUT2D eigenvalue weighted by atomic mass is 10.0. The Morgan fingerprint density at radius 3 is 2.27 bits per heavy atom. The largest absolute Gasteiger partial charge is 0.464 e. The molecule has 168 valence electrons. The van der Waals surface area contributed by atoms with Crippen LogP contribution in [0.5, 0.6) is 0 Å². The van der Waals surface area contributed by atoms with Crippen LogP contribution in [0.4, 0.5) is 0 Å². The molecule has 2 aromatic carbocycles. The van der Waals surface area contributed by atoms with Gasteiger partial charge in [-0.2, -0.15) is 0 Å². The Morgan fingerprint density at radius 1 is 1.00 bits per heavy atom. The summed E-state index contributed by atoms with van der Waals surface area (Å²) in [7, 11) is 0. The molecule has 8 heteroatoms.